The number of unbranched alkanes of at least 4 members (excludes halogenated alkanes) is 1. The molecule has 0 bridgehead atoms. The lowest BCUT2D eigenvalue weighted by Gasteiger charge is -2.32. The minimum atomic E-state index is 0.389. The summed E-state index contributed by atoms with van der Waals surface area (Å²) in [6.07, 6.45) is 5.69. The summed E-state index contributed by atoms with van der Waals surface area (Å²) in [6.45, 7) is 1.91. The van der Waals surface area contributed by atoms with Gasteiger partial charge >= 0.3 is 0 Å². The van der Waals surface area contributed by atoms with Crippen LogP contribution in [0.5, 0.6) is 5.75 Å². The van der Waals surface area contributed by atoms with Crippen molar-refractivity contribution >= 4 is 0 Å². The maximum Gasteiger partial charge on any atom is 0.115 e. The Morgan fingerprint density at radius 3 is 2.94 bits per heavy atom. The number of likely N-dealkylation sites (N-methyl/N-ethyl adjacent to an activating group) is 1. The Balaban J connectivity index is 1.94. The molecule has 0 aromatic heterocycles. The molecule has 1 atom stereocenters. The topological polar surface area (TPSA) is 49.5 Å². The lowest BCUT2D eigenvalue weighted by atomic mass is 9.87. The van der Waals surface area contributed by atoms with E-state index >= 15 is 0 Å². The van der Waals surface area contributed by atoms with E-state index in [9.17, 15) is 5.11 Å². The summed E-state index contributed by atoms with van der Waals surface area (Å²) in [5.41, 5.74) is 8.25. The van der Waals surface area contributed by atoms with Crippen LogP contribution in [0.15, 0.2) is 18.2 Å². The highest BCUT2D eigenvalue weighted by Crippen LogP contribution is 2.27. The highest BCUT2D eigenvalue weighted by molar-refractivity contribution is 5.37. The minimum Gasteiger partial charge on any atom is -0.508 e. The van der Waals surface area contributed by atoms with Gasteiger partial charge in [0.1, 0.15) is 5.75 Å². The SMILES string of the molecule is CN(CCCCN)[C@@H]1CCc2ccc(O)cc2C1. The van der Waals surface area contributed by atoms with E-state index in [-0.39, 0.29) is 0 Å². The molecule has 0 spiro atoms. The van der Waals surface area contributed by atoms with Crippen LogP contribution in [0.4, 0.5) is 0 Å². The summed E-state index contributed by atoms with van der Waals surface area (Å²) in [4.78, 5) is 2.45. The molecular weight excluding hydrogens is 224 g/mol. The van der Waals surface area contributed by atoms with E-state index in [1.807, 2.05) is 6.07 Å². The van der Waals surface area contributed by atoms with Crippen molar-refractivity contribution in [1.82, 2.24) is 4.90 Å². The second-order valence-electron chi connectivity index (χ2n) is 5.33. The van der Waals surface area contributed by atoms with Crippen molar-refractivity contribution < 1.29 is 5.11 Å². The van der Waals surface area contributed by atoms with Gasteiger partial charge in [0.05, 0.1) is 0 Å². The van der Waals surface area contributed by atoms with Crippen molar-refractivity contribution in [3.05, 3.63) is 29.3 Å². The Bertz CT molecular complexity index is 392. The van der Waals surface area contributed by atoms with Crippen LogP contribution in [0.1, 0.15) is 30.4 Å². The largest absolute Gasteiger partial charge is 0.508 e. The molecule has 3 nitrogen and oxygen atoms in total. The second-order valence-corrected chi connectivity index (χ2v) is 5.33. The van der Waals surface area contributed by atoms with Crippen LogP contribution in [0, 0.1) is 0 Å². The molecule has 3 heteroatoms. The molecule has 0 heterocycles. The highest BCUT2D eigenvalue weighted by Gasteiger charge is 2.21. The van der Waals surface area contributed by atoms with Gasteiger partial charge in [-0.1, -0.05) is 6.07 Å². The summed E-state index contributed by atoms with van der Waals surface area (Å²) in [7, 11) is 2.20. The number of aromatic hydroxyl groups is 1. The zero-order valence-corrected chi connectivity index (χ0v) is 11.2. The molecule has 2 rings (SSSR count). The number of hydrogen-bond acceptors (Lipinski definition) is 3. The molecule has 0 amide bonds. The number of phenolic OH excluding ortho intramolecular Hbond substituents is 1. The second kappa shape index (κ2) is 6.21. The Hall–Kier alpha value is -1.06. The van der Waals surface area contributed by atoms with E-state index in [4.69, 9.17) is 5.73 Å². The van der Waals surface area contributed by atoms with Crippen LogP contribution in [0.2, 0.25) is 0 Å². The zero-order chi connectivity index (χ0) is 13.0. The van der Waals surface area contributed by atoms with Crippen LogP contribution < -0.4 is 5.73 Å². The molecule has 100 valence electrons. The first kappa shape index (κ1) is 13.4. The van der Waals surface area contributed by atoms with Crippen molar-refractivity contribution in [3.8, 4) is 5.75 Å². The lowest BCUT2D eigenvalue weighted by molar-refractivity contribution is 0.218. The van der Waals surface area contributed by atoms with Gasteiger partial charge in [-0.05, 0) is 75.5 Å². The average Bonchev–Trinajstić information content (AvgIpc) is 2.38. The number of fused-ring (bicyclic) bond motifs is 1. The third kappa shape index (κ3) is 3.24. The molecule has 0 radical (unpaired) electrons. The number of aryl methyl sites for hydroxylation is 1. The fraction of sp³-hybridized carbons (Fsp3) is 0.600. The maximum atomic E-state index is 9.56. The van der Waals surface area contributed by atoms with Crippen molar-refractivity contribution in [2.24, 2.45) is 5.73 Å². The Labute approximate surface area is 110 Å². The van der Waals surface area contributed by atoms with E-state index in [0.717, 1.165) is 32.4 Å². The molecule has 0 fully saturated rings. The van der Waals surface area contributed by atoms with Gasteiger partial charge in [0.15, 0.2) is 0 Å². The third-order valence-corrected chi connectivity index (χ3v) is 3.98. The summed E-state index contributed by atoms with van der Waals surface area (Å²) < 4.78 is 0. The molecule has 1 aliphatic rings. The maximum absolute atomic E-state index is 9.56. The fourth-order valence-corrected chi connectivity index (χ4v) is 2.79. The van der Waals surface area contributed by atoms with E-state index in [0.29, 0.717) is 11.8 Å². The molecule has 18 heavy (non-hydrogen) atoms. The van der Waals surface area contributed by atoms with Crippen molar-refractivity contribution in [2.45, 2.75) is 38.1 Å². The van der Waals surface area contributed by atoms with Gasteiger partial charge in [-0.3, -0.25) is 0 Å². The van der Waals surface area contributed by atoms with Gasteiger partial charge in [0, 0.05) is 6.04 Å². The summed E-state index contributed by atoms with van der Waals surface area (Å²) in [5, 5.41) is 9.56. The minimum absolute atomic E-state index is 0.389. The molecule has 0 saturated heterocycles. The predicted octanol–water partition coefficient (Wildman–Crippen LogP) is 1.92. The molecule has 0 saturated carbocycles. The van der Waals surface area contributed by atoms with Crippen molar-refractivity contribution in [2.75, 3.05) is 20.1 Å². The lowest BCUT2D eigenvalue weighted by Crippen LogP contribution is -2.37. The first-order valence-electron chi connectivity index (χ1n) is 6.92. The van der Waals surface area contributed by atoms with E-state index in [2.05, 4.69) is 18.0 Å². The quantitative estimate of drug-likeness (QED) is 0.783. The molecule has 3 N–H and O–H groups in total. The van der Waals surface area contributed by atoms with Crippen LogP contribution >= 0.6 is 0 Å². The number of phenols is 1. The normalized spacial score (nSPS) is 18.9. The Kier molecular flexibility index (Phi) is 4.61. The molecule has 1 aliphatic carbocycles. The van der Waals surface area contributed by atoms with Gasteiger partial charge in [0.25, 0.3) is 0 Å². The van der Waals surface area contributed by atoms with E-state index < -0.39 is 0 Å². The summed E-state index contributed by atoms with van der Waals surface area (Å²) >= 11 is 0. The van der Waals surface area contributed by atoms with Gasteiger partial charge in [0.2, 0.25) is 0 Å². The summed E-state index contributed by atoms with van der Waals surface area (Å²) in [5.74, 6) is 0.389. The standard InChI is InChI=1S/C15H24N2O/c1-17(9-3-2-8-16)14-6-4-12-5-7-15(18)11-13(12)10-14/h5,7,11,14,18H,2-4,6,8-10,16H2,1H3/t14-/m1/s1. The third-order valence-electron chi connectivity index (χ3n) is 3.98. The Morgan fingerprint density at radius 2 is 2.17 bits per heavy atom. The predicted molar refractivity (Wildman–Crippen MR) is 74.8 cm³/mol. The van der Waals surface area contributed by atoms with Crippen molar-refractivity contribution in [3.63, 3.8) is 0 Å². The van der Waals surface area contributed by atoms with E-state index in [1.165, 1.54) is 24.0 Å². The monoisotopic (exact) mass is 248 g/mol. The van der Waals surface area contributed by atoms with Crippen molar-refractivity contribution in [1.29, 1.82) is 0 Å². The van der Waals surface area contributed by atoms with Gasteiger partial charge in [-0.15, -0.1) is 0 Å². The van der Waals surface area contributed by atoms with Gasteiger partial charge < -0.3 is 15.7 Å². The fourth-order valence-electron chi connectivity index (χ4n) is 2.79. The van der Waals surface area contributed by atoms with Gasteiger partial charge in [-0.2, -0.15) is 0 Å². The highest BCUT2D eigenvalue weighted by atomic mass is 16.3. The summed E-state index contributed by atoms with van der Waals surface area (Å²) in [6, 6.07) is 6.39. The van der Waals surface area contributed by atoms with Crippen LogP contribution in [0.25, 0.3) is 0 Å². The smallest absolute Gasteiger partial charge is 0.115 e. The number of nitrogens with two attached hydrogens (primary N) is 1. The van der Waals surface area contributed by atoms with Crippen LogP contribution in [-0.4, -0.2) is 36.2 Å². The van der Waals surface area contributed by atoms with Crippen LogP contribution in [-0.2, 0) is 12.8 Å². The average molecular weight is 248 g/mol. The van der Waals surface area contributed by atoms with E-state index in [1.54, 1.807) is 6.07 Å². The molecule has 0 aliphatic heterocycles. The Morgan fingerprint density at radius 1 is 1.33 bits per heavy atom. The number of hydrogen-bond donors (Lipinski definition) is 2. The number of rotatable bonds is 5. The first-order valence-corrected chi connectivity index (χ1v) is 6.92. The zero-order valence-electron chi connectivity index (χ0n) is 11.2. The first-order chi connectivity index (χ1) is 8.70. The van der Waals surface area contributed by atoms with Crippen LogP contribution in [0.3, 0.4) is 0 Å². The number of benzene rings is 1. The molecule has 1 aromatic rings. The number of nitrogens with zero attached hydrogens (tertiary/aromatic N) is 1. The molecular formula is C15H24N2O. The van der Waals surface area contributed by atoms with Gasteiger partial charge in [-0.25, -0.2) is 0 Å². The molecule has 1 aromatic carbocycles. The molecule has 0 unspecified atom stereocenters.